The van der Waals surface area contributed by atoms with Gasteiger partial charge in [0, 0.05) is 25.2 Å². The molecule has 1 aliphatic heterocycles. The number of fused-ring (bicyclic) bond motifs is 1. The highest BCUT2D eigenvalue weighted by atomic mass is 16.3. The van der Waals surface area contributed by atoms with E-state index in [4.69, 9.17) is 0 Å². The molecule has 1 aliphatic rings. The van der Waals surface area contributed by atoms with Crippen LogP contribution in [0.15, 0.2) is 60.9 Å². The number of hydrogen-bond donors (Lipinski definition) is 1. The fourth-order valence-electron chi connectivity index (χ4n) is 3.76. The summed E-state index contributed by atoms with van der Waals surface area (Å²) in [5, 5.41) is 15.1. The Morgan fingerprint density at radius 2 is 2.00 bits per heavy atom. The lowest BCUT2D eigenvalue weighted by Crippen LogP contribution is -2.52. The summed E-state index contributed by atoms with van der Waals surface area (Å²) in [5.41, 5.74) is 1.84. The molecule has 26 heavy (non-hydrogen) atoms. The number of carbonyl (C=O) groups is 1. The number of rotatable bonds is 3. The number of benzene rings is 1. The molecule has 1 amide bonds. The van der Waals surface area contributed by atoms with Crippen LogP contribution in [0.1, 0.15) is 29.3 Å². The Labute approximate surface area is 152 Å². The SMILES string of the molecule is C[C@@]1(O)CCN(C(=O)c2cnn3ccccc23)C[C@@H]1Cc1ccccc1. The van der Waals surface area contributed by atoms with Crippen molar-refractivity contribution < 1.29 is 9.90 Å². The molecule has 0 spiro atoms. The molecule has 0 unspecified atom stereocenters. The highest BCUT2D eigenvalue weighted by Crippen LogP contribution is 2.31. The minimum atomic E-state index is -0.770. The molecule has 134 valence electrons. The molecule has 1 aromatic carbocycles. The Hall–Kier alpha value is -2.66. The van der Waals surface area contributed by atoms with Crippen LogP contribution in [0, 0.1) is 5.92 Å². The van der Waals surface area contributed by atoms with Crippen molar-refractivity contribution in [3.8, 4) is 0 Å². The lowest BCUT2D eigenvalue weighted by Gasteiger charge is -2.42. The van der Waals surface area contributed by atoms with Gasteiger partial charge in [0.05, 0.1) is 22.9 Å². The van der Waals surface area contributed by atoms with E-state index >= 15 is 0 Å². The van der Waals surface area contributed by atoms with Crippen molar-refractivity contribution in [3.63, 3.8) is 0 Å². The van der Waals surface area contributed by atoms with Crippen molar-refractivity contribution in [2.24, 2.45) is 5.92 Å². The Morgan fingerprint density at radius 1 is 1.23 bits per heavy atom. The highest BCUT2D eigenvalue weighted by Gasteiger charge is 2.39. The first kappa shape index (κ1) is 16.8. The van der Waals surface area contributed by atoms with Crippen molar-refractivity contribution in [2.75, 3.05) is 13.1 Å². The molecule has 1 saturated heterocycles. The zero-order valence-corrected chi connectivity index (χ0v) is 14.9. The number of aromatic nitrogens is 2. The van der Waals surface area contributed by atoms with E-state index < -0.39 is 5.60 Å². The molecule has 0 saturated carbocycles. The summed E-state index contributed by atoms with van der Waals surface area (Å²) in [5.74, 6) is -0.01000. The van der Waals surface area contributed by atoms with Gasteiger partial charge >= 0.3 is 0 Å². The standard InChI is InChI=1S/C21H23N3O2/c1-21(26)10-12-23(15-17(21)13-16-7-3-2-4-8-16)20(25)18-14-22-24-11-6-5-9-19(18)24/h2-9,11,14,17,26H,10,12-13,15H2,1H3/t17-,21+/m0/s1. The van der Waals surface area contributed by atoms with Gasteiger partial charge in [-0.05, 0) is 37.5 Å². The van der Waals surface area contributed by atoms with E-state index in [1.807, 2.05) is 54.4 Å². The molecule has 3 heterocycles. The molecule has 1 fully saturated rings. The molecule has 0 radical (unpaired) electrons. The Morgan fingerprint density at radius 3 is 2.81 bits per heavy atom. The van der Waals surface area contributed by atoms with Gasteiger partial charge in [-0.1, -0.05) is 36.4 Å². The summed E-state index contributed by atoms with van der Waals surface area (Å²) in [4.78, 5) is 14.9. The predicted octanol–water partition coefficient (Wildman–Crippen LogP) is 2.79. The number of likely N-dealkylation sites (tertiary alicyclic amines) is 1. The van der Waals surface area contributed by atoms with Gasteiger partial charge in [0.1, 0.15) is 0 Å². The third-order valence-electron chi connectivity index (χ3n) is 5.48. The lowest BCUT2D eigenvalue weighted by atomic mass is 9.78. The van der Waals surface area contributed by atoms with Crippen molar-refractivity contribution in [2.45, 2.75) is 25.4 Å². The Bertz CT molecular complexity index is 917. The van der Waals surface area contributed by atoms with Crippen molar-refractivity contribution >= 4 is 11.4 Å². The third kappa shape index (κ3) is 3.10. The minimum Gasteiger partial charge on any atom is -0.390 e. The predicted molar refractivity (Wildman–Crippen MR) is 100.0 cm³/mol. The van der Waals surface area contributed by atoms with E-state index in [1.165, 1.54) is 5.56 Å². The lowest BCUT2D eigenvalue weighted by molar-refractivity contribution is -0.0507. The van der Waals surface area contributed by atoms with Crippen LogP contribution >= 0.6 is 0 Å². The zero-order valence-electron chi connectivity index (χ0n) is 14.9. The number of aliphatic hydroxyl groups is 1. The van der Waals surface area contributed by atoms with Crippen molar-refractivity contribution in [3.05, 3.63) is 72.1 Å². The number of pyridine rings is 1. The van der Waals surface area contributed by atoms with Crippen LogP contribution < -0.4 is 0 Å². The topological polar surface area (TPSA) is 57.8 Å². The molecule has 0 bridgehead atoms. The van der Waals surface area contributed by atoms with Gasteiger partial charge in [-0.15, -0.1) is 0 Å². The molecule has 1 N–H and O–H groups in total. The summed E-state index contributed by atoms with van der Waals surface area (Å²) in [6, 6.07) is 15.9. The van der Waals surface area contributed by atoms with Crippen molar-refractivity contribution in [1.29, 1.82) is 0 Å². The van der Waals surface area contributed by atoms with Crippen LogP contribution in [0.2, 0.25) is 0 Å². The van der Waals surface area contributed by atoms with Gasteiger partial charge in [0.15, 0.2) is 0 Å². The highest BCUT2D eigenvalue weighted by molar-refractivity contribution is 6.00. The summed E-state index contributed by atoms with van der Waals surface area (Å²) >= 11 is 0. The molecule has 5 heteroatoms. The minimum absolute atomic E-state index is 0.00411. The van der Waals surface area contributed by atoms with Crippen LogP contribution in [0.25, 0.3) is 5.52 Å². The zero-order chi connectivity index (χ0) is 18.1. The number of hydrogen-bond acceptors (Lipinski definition) is 3. The first-order chi connectivity index (χ1) is 12.5. The number of amides is 1. The second kappa shape index (κ2) is 6.57. The summed E-state index contributed by atoms with van der Waals surface area (Å²) in [7, 11) is 0. The molecule has 2 aromatic heterocycles. The molecule has 0 aliphatic carbocycles. The second-order valence-corrected chi connectivity index (χ2v) is 7.33. The maximum absolute atomic E-state index is 13.1. The van der Waals surface area contributed by atoms with Gasteiger partial charge in [-0.25, -0.2) is 4.52 Å². The largest absolute Gasteiger partial charge is 0.390 e. The van der Waals surface area contributed by atoms with Gasteiger partial charge in [-0.3, -0.25) is 4.79 Å². The van der Waals surface area contributed by atoms with E-state index in [0.29, 0.717) is 25.1 Å². The smallest absolute Gasteiger partial charge is 0.257 e. The van der Waals surface area contributed by atoms with Crippen LogP contribution in [-0.4, -0.2) is 44.2 Å². The van der Waals surface area contributed by atoms with Crippen LogP contribution in [-0.2, 0) is 6.42 Å². The van der Waals surface area contributed by atoms with E-state index in [9.17, 15) is 9.90 Å². The fraction of sp³-hybridized carbons (Fsp3) is 0.333. The molecular formula is C21H23N3O2. The Balaban J connectivity index is 1.56. The third-order valence-corrected chi connectivity index (χ3v) is 5.48. The average molecular weight is 349 g/mol. The first-order valence-electron chi connectivity index (χ1n) is 9.02. The van der Waals surface area contributed by atoms with Crippen LogP contribution in [0.5, 0.6) is 0 Å². The van der Waals surface area contributed by atoms with E-state index in [1.54, 1.807) is 10.7 Å². The van der Waals surface area contributed by atoms with Gasteiger partial charge < -0.3 is 10.0 Å². The first-order valence-corrected chi connectivity index (χ1v) is 9.02. The summed E-state index contributed by atoms with van der Waals surface area (Å²) < 4.78 is 1.72. The quantitative estimate of drug-likeness (QED) is 0.791. The van der Waals surface area contributed by atoms with Crippen molar-refractivity contribution in [1.82, 2.24) is 14.5 Å². The molecule has 5 nitrogen and oxygen atoms in total. The summed E-state index contributed by atoms with van der Waals surface area (Å²) in [6.07, 6.45) is 4.81. The fourth-order valence-corrected chi connectivity index (χ4v) is 3.76. The molecule has 2 atom stereocenters. The van der Waals surface area contributed by atoms with E-state index in [2.05, 4.69) is 17.2 Å². The molecular weight excluding hydrogens is 326 g/mol. The monoisotopic (exact) mass is 349 g/mol. The Kier molecular flexibility index (Phi) is 4.24. The average Bonchev–Trinajstić information content (AvgIpc) is 3.08. The van der Waals surface area contributed by atoms with Crippen LogP contribution in [0.4, 0.5) is 0 Å². The van der Waals surface area contributed by atoms with Gasteiger partial charge in [0.2, 0.25) is 0 Å². The molecule has 4 rings (SSSR count). The van der Waals surface area contributed by atoms with Gasteiger partial charge in [0.25, 0.3) is 5.91 Å². The normalized spacial score (nSPS) is 23.3. The second-order valence-electron chi connectivity index (χ2n) is 7.33. The maximum Gasteiger partial charge on any atom is 0.257 e. The van der Waals surface area contributed by atoms with E-state index in [0.717, 1.165) is 11.9 Å². The van der Waals surface area contributed by atoms with Gasteiger partial charge in [-0.2, -0.15) is 5.10 Å². The number of piperidine rings is 1. The van der Waals surface area contributed by atoms with E-state index in [-0.39, 0.29) is 11.8 Å². The summed E-state index contributed by atoms with van der Waals surface area (Å²) in [6.45, 7) is 2.99. The molecule has 3 aromatic rings. The number of carbonyl (C=O) groups excluding carboxylic acids is 1. The van der Waals surface area contributed by atoms with Crippen LogP contribution in [0.3, 0.4) is 0 Å². The number of nitrogens with zero attached hydrogens (tertiary/aromatic N) is 3. The maximum atomic E-state index is 13.1.